The Morgan fingerprint density at radius 2 is 0.960 bits per heavy atom. The van der Waals surface area contributed by atoms with Crippen LogP contribution in [0.4, 0.5) is 0 Å². The van der Waals surface area contributed by atoms with Gasteiger partial charge in [0.1, 0.15) is 49.3 Å². The van der Waals surface area contributed by atoms with Crippen LogP contribution in [0, 0.1) is 0 Å². The molecule has 2 heterocycles. The van der Waals surface area contributed by atoms with Crippen molar-refractivity contribution in [3.05, 3.63) is 0 Å². The van der Waals surface area contributed by atoms with E-state index < -0.39 is 99.5 Å². The van der Waals surface area contributed by atoms with Crippen LogP contribution in [0.5, 0.6) is 0 Å². The molecule has 2 aliphatic heterocycles. The summed E-state index contributed by atoms with van der Waals surface area (Å²) in [6, 6.07) is 0. The summed E-state index contributed by atoms with van der Waals surface area (Å²) in [4.78, 5) is 21.8. The zero-order valence-corrected chi connectivity index (χ0v) is 47.0. The van der Waals surface area contributed by atoms with Gasteiger partial charge >= 0.3 is 29.6 Å². The van der Waals surface area contributed by atoms with Crippen LogP contribution in [0.3, 0.4) is 0 Å². The molecule has 29 nitrogen and oxygen atoms in total. The van der Waals surface area contributed by atoms with E-state index >= 15 is 0 Å². The molecule has 2 saturated heterocycles. The number of hydrogen-bond acceptors (Lipinski definition) is 28. The molecule has 2 fully saturated rings. The van der Waals surface area contributed by atoms with Gasteiger partial charge in [0.05, 0.1) is 116 Å². The molecule has 0 radical (unpaired) electrons. The van der Waals surface area contributed by atoms with Crippen LogP contribution < -0.4 is 40.0 Å². The third-order valence-corrected chi connectivity index (χ3v) is 10.5. The number of carboxylic acid groups (broad SMARTS) is 1. The summed E-state index contributed by atoms with van der Waals surface area (Å²) in [5.74, 6) is -1.61. The van der Waals surface area contributed by atoms with Crippen molar-refractivity contribution in [2.45, 2.75) is 152 Å². The topological polar surface area (TPSA) is 421 Å². The number of carbonyl (C=O) groups is 2. The maximum absolute atomic E-state index is 11.8. The number of carboxylic acids is 1. The van der Waals surface area contributed by atoms with Gasteiger partial charge in [-0.1, -0.05) is 27.7 Å². The number of carbonyl (C=O) groups excluding carboxylic acids is 2. The molecule has 0 bridgehead atoms. The monoisotopic (exact) mass is 1120 g/mol. The van der Waals surface area contributed by atoms with E-state index in [1.807, 2.05) is 27.7 Å². The van der Waals surface area contributed by atoms with Crippen molar-refractivity contribution in [1.82, 2.24) is 5.32 Å². The van der Waals surface area contributed by atoms with Crippen LogP contribution in [0.2, 0.25) is 0 Å². The van der Waals surface area contributed by atoms with Gasteiger partial charge in [-0.2, -0.15) is 0 Å². The van der Waals surface area contributed by atoms with Crippen molar-refractivity contribution in [3.63, 3.8) is 0 Å². The standard InChI is InChI=1S/C21H41NO13.C9H18O6.C8H16O5.C7H16O4.Na/c1-3-14(10-23)34-17(29-2)13-32-12-16(25)22-4-5-30-6-7-31-8-9-33-21-20(28)19(27)18(26)15(11-24)35-21;1-3-7(4-10)15-9(13-2)6-14-5-8(11)12;1-3-4-5(9)6(10)7(11)8(12-2)13-4;1-3-6(4-8)11-7(5-9)10-2;/h14-15,17-21,23-24,26-28H,3-13H2,1-2H3,(H,22,25);7,9-10H,3-6H2,1-2H3,(H,11,12);4-11H,3H2,1-2H3;6-9H,3-5H2,1-2H3;/q;;;;+1/p-1. The summed E-state index contributed by atoms with van der Waals surface area (Å²) < 4.78 is 71.8. The van der Waals surface area contributed by atoms with Gasteiger partial charge in [0.25, 0.3) is 0 Å². The zero-order chi connectivity index (χ0) is 56.4. The van der Waals surface area contributed by atoms with Gasteiger partial charge in [-0.15, -0.1) is 0 Å². The smallest absolute Gasteiger partial charge is 0.548 e. The van der Waals surface area contributed by atoms with Crippen LogP contribution in [-0.4, -0.2) is 294 Å². The molecule has 0 aromatic heterocycles. The Labute approximate surface area is 461 Å². The molecule has 2 rings (SSSR count). The Hall–Kier alpha value is -1.06. The van der Waals surface area contributed by atoms with Crippen LogP contribution in [0.15, 0.2) is 0 Å². The summed E-state index contributed by atoms with van der Waals surface area (Å²) in [5.41, 5.74) is 0. The number of amides is 1. The number of ether oxygens (including phenoxy) is 14. The fourth-order valence-corrected chi connectivity index (χ4v) is 5.95. The minimum absolute atomic E-state index is 0. The van der Waals surface area contributed by atoms with Crippen LogP contribution in [0.25, 0.3) is 0 Å². The van der Waals surface area contributed by atoms with Gasteiger partial charge in [0.2, 0.25) is 5.91 Å². The molecule has 12 N–H and O–H groups in total. The van der Waals surface area contributed by atoms with E-state index in [1.165, 1.54) is 28.4 Å². The van der Waals surface area contributed by atoms with Gasteiger partial charge in [-0.25, -0.2) is 0 Å². The first-order valence-corrected chi connectivity index (χ1v) is 24.3. The molecule has 0 saturated carbocycles. The summed E-state index contributed by atoms with van der Waals surface area (Å²) in [7, 11) is 5.69. The maximum Gasteiger partial charge on any atom is 1.00 e. The zero-order valence-electron chi connectivity index (χ0n) is 45.0. The van der Waals surface area contributed by atoms with Gasteiger partial charge in [-0.05, 0) is 25.7 Å². The van der Waals surface area contributed by atoms with Crippen molar-refractivity contribution < 1.29 is 167 Å². The van der Waals surface area contributed by atoms with Gasteiger partial charge in [0, 0.05) is 35.0 Å². The summed E-state index contributed by atoms with van der Waals surface area (Å²) in [6.45, 7) is 7.13. The Morgan fingerprint density at radius 3 is 1.37 bits per heavy atom. The number of aliphatic hydroxyl groups excluding tert-OH is 11. The van der Waals surface area contributed by atoms with Gasteiger partial charge < -0.3 is 138 Å². The number of hydrogen-bond donors (Lipinski definition) is 12. The van der Waals surface area contributed by atoms with Crippen molar-refractivity contribution in [1.29, 1.82) is 0 Å². The molecule has 444 valence electrons. The Balaban J connectivity index is -0.00000106. The third kappa shape index (κ3) is 35.3. The second-order valence-corrected chi connectivity index (χ2v) is 15.9. The van der Waals surface area contributed by atoms with Gasteiger partial charge in [-0.3, -0.25) is 4.79 Å². The molecular weight excluding hydrogens is 1030 g/mol. The Kier molecular flexibility index (Phi) is 52.1. The summed E-state index contributed by atoms with van der Waals surface area (Å²) >= 11 is 0. The second-order valence-electron chi connectivity index (χ2n) is 15.9. The van der Waals surface area contributed by atoms with Crippen molar-refractivity contribution >= 4 is 11.9 Å². The van der Waals surface area contributed by atoms with E-state index in [0.29, 0.717) is 25.7 Å². The van der Waals surface area contributed by atoms with Crippen molar-refractivity contribution in [2.75, 3.05) is 127 Å². The van der Waals surface area contributed by atoms with E-state index in [1.54, 1.807) is 0 Å². The molecule has 1 amide bonds. The molecule has 0 spiro atoms. The molecule has 75 heavy (non-hydrogen) atoms. The number of nitrogens with one attached hydrogen (secondary N) is 1. The SMILES string of the molecule is CCC(CO)OC(CO)OC.CCC(CO)OC(COCC(=O)NCCOCCOCCOC1OC(CO)C(O)C(O)C1O)OC.CCC(CO)OC(COCC(=O)[O-])OC.CCC1OC(OC)C(O)C(O)C1O.[Na+]. The number of aliphatic carboxylic acids is 1. The first-order valence-electron chi connectivity index (χ1n) is 24.3. The predicted octanol–water partition coefficient (Wildman–Crippen LogP) is -9.17. The molecular formula is C45H90NNaO28. The fourth-order valence-electron chi connectivity index (χ4n) is 5.95. The quantitative estimate of drug-likeness (QED) is 0.0156. The molecule has 16 unspecified atom stereocenters. The minimum atomic E-state index is -1.49. The Morgan fingerprint density at radius 1 is 0.533 bits per heavy atom. The second kappa shape index (κ2) is 49.9. The first kappa shape index (κ1) is 78.2. The molecule has 0 aliphatic carbocycles. The fraction of sp³-hybridized carbons (Fsp3) is 0.956. The Bertz CT molecular complexity index is 1260. The minimum Gasteiger partial charge on any atom is -0.548 e. The molecule has 16 atom stereocenters. The van der Waals surface area contributed by atoms with Gasteiger partial charge in [0.15, 0.2) is 31.5 Å². The largest absolute Gasteiger partial charge is 1.00 e. The third-order valence-electron chi connectivity index (χ3n) is 10.5. The number of aliphatic hydroxyl groups is 11. The van der Waals surface area contributed by atoms with E-state index in [9.17, 15) is 45.3 Å². The van der Waals surface area contributed by atoms with E-state index in [2.05, 4.69) is 5.32 Å². The molecule has 0 aromatic carbocycles. The number of rotatable bonds is 37. The normalized spacial score (nSPS) is 25.7. The average Bonchev–Trinajstić information content (AvgIpc) is 3.41. The maximum atomic E-state index is 11.8. The first-order chi connectivity index (χ1) is 35.4. The van der Waals surface area contributed by atoms with Crippen molar-refractivity contribution in [2.24, 2.45) is 0 Å². The van der Waals surface area contributed by atoms with Crippen LogP contribution >= 0.6 is 0 Å². The molecule has 2 aliphatic rings. The van der Waals surface area contributed by atoms with E-state index in [4.69, 9.17) is 91.8 Å². The average molecular weight is 1120 g/mol. The summed E-state index contributed by atoms with van der Waals surface area (Å²) in [5, 5.41) is 115. The van der Waals surface area contributed by atoms with E-state index in [0.717, 1.165) is 0 Å². The van der Waals surface area contributed by atoms with E-state index in [-0.39, 0.29) is 140 Å². The van der Waals surface area contributed by atoms with Crippen LogP contribution in [0.1, 0.15) is 53.4 Å². The van der Waals surface area contributed by atoms with Crippen LogP contribution in [-0.2, 0) is 75.9 Å². The van der Waals surface area contributed by atoms with Crippen molar-refractivity contribution in [3.8, 4) is 0 Å². The molecule has 0 aromatic rings. The summed E-state index contributed by atoms with van der Waals surface area (Å²) in [6.07, 6.45) is -11.8. The predicted molar refractivity (Wildman–Crippen MR) is 251 cm³/mol. The number of methoxy groups -OCH3 is 4. The molecule has 30 heteroatoms.